The summed E-state index contributed by atoms with van der Waals surface area (Å²) in [5.41, 5.74) is 5.84. The van der Waals surface area contributed by atoms with Gasteiger partial charge in [0.25, 0.3) is 5.91 Å². The number of aryl methyl sites for hydroxylation is 1. The first-order valence-corrected chi connectivity index (χ1v) is 10.9. The molecule has 2 N–H and O–H groups in total. The number of hydrogen-bond donors (Lipinski definition) is 2. The third-order valence-corrected chi connectivity index (χ3v) is 6.72. The maximum Gasteiger partial charge on any atom is 0.263 e. The van der Waals surface area contributed by atoms with Crippen molar-refractivity contribution in [3.05, 3.63) is 59.2 Å². The van der Waals surface area contributed by atoms with Gasteiger partial charge in [0.05, 0.1) is 22.6 Å². The summed E-state index contributed by atoms with van der Waals surface area (Å²) in [6.07, 6.45) is 4.55. The van der Waals surface area contributed by atoms with Gasteiger partial charge in [0.15, 0.2) is 0 Å². The highest BCUT2D eigenvalue weighted by molar-refractivity contribution is 7.21. The number of thiophene rings is 1. The Balaban J connectivity index is 1.72. The topological polar surface area (TPSA) is 66.9 Å². The number of rotatable bonds is 3. The summed E-state index contributed by atoms with van der Waals surface area (Å²) in [6.45, 7) is 8.67. The molecular formula is C24H22N4OS. The maximum absolute atomic E-state index is 12.6. The first-order chi connectivity index (χ1) is 14.6. The molecule has 0 aliphatic carbocycles. The highest BCUT2D eigenvalue weighted by atomic mass is 32.1. The minimum absolute atomic E-state index is 0.0113. The zero-order valence-corrected chi connectivity index (χ0v) is 17.8. The number of nitrogens with zero attached hydrogens (tertiary/aromatic N) is 2. The quantitative estimate of drug-likeness (QED) is 0.480. The number of amides is 1. The highest BCUT2D eigenvalue weighted by Gasteiger charge is 2.24. The molecule has 30 heavy (non-hydrogen) atoms. The lowest BCUT2D eigenvalue weighted by Crippen LogP contribution is -2.34. The Morgan fingerprint density at radius 3 is 2.97 bits per heavy atom. The van der Waals surface area contributed by atoms with Gasteiger partial charge in [-0.2, -0.15) is 0 Å². The summed E-state index contributed by atoms with van der Waals surface area (Å²) < 4.78 is 1.09. The lowest BCUT2D eigenvalue weighted by molar-refractivity contribution is 0.0949. The van der Waals surface area contributed by atoms with E-state index in [0.717, 1.165) is 60.5 Å². The zero-order chi connectivity index (χ0) is 20.8. The van der Waals surface area contributed by atoms with Crippen molar-refractivity contribution in [1.29, 1.82) is 0 Å². The normalized spacial score (nSPS) is 16.1. The van der Waals surface area contributed by atoms with E-state index in [1.165, 1.54) is 11.3 Å². The predicted octanol–water partition coefficient (Wildman–Crippen LogP) is 5.26. The van der Waals surface area contributed by atoms with Crippen molar-refractivity contribution in [2.75, 3.05) is 11.9 Å². The van der Waals surface area contributed by atoms with Crippen molar-refractivity contribution in [3.63, 3.8) is 0 Å². The van der Waals surface area contributed by atoms with Crippen LogP contribution in [0.4, 0.5) is 5.69 Å². The molecule has 0 fully saturated rings. The molecule has 150 valence electrons. The number of aromatic nitrogens is 2. The van der Waals surface area contributed by atoms with Crippen molar-refractivity contribution in [2.45, 2.75) is 26.3 Å². The molecule has 6 heteroatoms. The van der Waals surface area contributed by atoms with E-state index in [1.807, 2.05) is 25.3 Å². The lowest BCUT2D eigenvalue weighted by Gasteiger charge is -2.11. The van der Waals surface area contributed by atoms with Gasteiger partial charge in [-0.3, -0.25) is 9.78 Å². The summed E-state index contributed by atoms with van der Waals surface area (Å²) in [5.74, 6) is -0.0113. The van der Waals surface area contributed by atoms with Crippen LogP contribution in [0.5, 0.6) is 0 Å². The van der Waals surface area contributed by atoms with E-state index in [1.54, 1.807) is 6.08 Å². The molecule has 0 spiro atoms. The molecule has 1 atom stereocenters. The summed E-state index contributed by atoms with van der Waals surface area (Å²) in [5, 5.41) is 8.65. The van der Waals surface area contributed by atoms with Crippen LogP contribution in [0.2, 0.25) is 0 Å². The Kier molecular flexibility index (Phi) is 4.51. The largest absolute Gasteiger partial charge is 0.381 e. The molecule has 0 bridgehead atoms. The monoisotopic (exact) mass is 414 g/mol. The van der Waals surface area contributed by atoms with Crippen LogP contribution in [0.25, 0.3) is 38.3 Å². The van der Waals surface area contributed by atoms with Gasteiger partial charge >= 0.3 is 0 Å². The Morgan fingerprint density at radius 1 is 1.30 bits per heavy atom. The van der Waals surface area contributed by atoms with Crippen LogP contribution < -0.4 is 10.6 Å². The van der Waals surface area contributed by atoms with Gasteiger partial charge in [-0.25, -0.2) is 4.98 Å². The fraction of sp³-hybridized carbons (Fsp3) is 0.208. The molecular weight excluding hydrogens is 392 g/mol. The minimum Gasteiger partial charge on any atom is -0.381 e. The molecule has 5 rings (SSSR count). The number of fused-ring (bicyclic) bond motifs is 5. The molecule has 4 aromatic rings. The van der Waals surface area contributed by atoms with Crippen molar-refractivity contribution in [1.82, 2.24) is 15.3 Å². The number of carbonyl (C=O) groups excluding carboxylic acids is 1. The van der Waals surface area contributed by atoms with Gasteiger partial charge < -0.3 is 10.6 Å². The van der Waals surface area contributed by atoms with Crippen LogP contribution in [0.1, 0.15) is 34.8 Å². The second-order valence-electron chi connectivity index (χ2n) is 7.59. The second-order valence-corrected chi connectivity index (χ2v) is 8.64. The van der Waals surface area contributed by atoms with Gasteiger partial charge in [0, 0.05) is 39.8 Å². The van der Waals surface area contributed by atoms with Gasteiger partial charge in [-0.1, -0.05) is 13.5 Å². The third kappa shape index (κ3) is 2.95. The minimum atomic E-state index is -0.0113. The van der Waals surface area contributed by atoms with Crippen LogP contribution in [-0.2, 0) is 6.42 Å². The Hall–Kier alpha value is -3.25. The van der Waals surface area contributed by atoms with Crippen molar-refractivity contribution < 1.29 is 4.79 Å². The molecule has 0 saturated carbocycles. The highest BCUT2D eigenvalue weighted by Crippen LogP contribution is 2.41. The number of anilines is 1. The summed E-state index contributed by atoms with van der Waals surface area (Å²) in [6, 6.07) is 10.4. The third-order valence-electron chi connectivity index (χ3n) is 5.56. The zero-order valence-electron chi connectivity index (χ0n) is 17.0. The van der Waals surface area contributed by atoms with E-state index in [9.17, 15) is 4.79 Å². The van der Waals surface area contributed by atoms with Crippen molar-refractivity contribution in [2.24, 2.45) is 0 Å². The number of nitrogens with one attached hydrogen (secondary N) is 2. The van der Waals surface area contributed by atoms with Gasteiger partial charge in [-0.05, 0) is 55.3 Å². The molecule has 1 aliphatic heterocycles. The number of benzene rings is 1. The van der Waals surface area contributed by atoms with E-state index >= 15 is 0 Å². The smallest absolute Gasteiger partial charge is 0.263 e. The van der Waals surface area contributed by atoms with E-state index < -0.39 is 0 Å². The average molecular weight is 415 g/mol. The van der Waals surface area contributed by atoms with Crippen LogP contribution in [-0.4, -0.2) is 28.5 Å². The fourth-order valence-corrected chi connectivity index (χ4v) is 5.11. The molecule has 4 heterocycles. The Labute approximate surface area is 178 Å². The standard InChI is InChI=1S/C24H22N4OS/c1-4-14-12-25-15(5-2)10-17(14)19-7-6-16-18(28-19)8-9-20-21(16)22-23(30-20)24(29)27-13(3)11-26-22/h5-10,12-13,26H,2,4,11H2,1,3H3,(H,27,29)/t13-/m1/s1. The molecule has 0 radical (unpaired) electrons. The summed E-state index contributed by atoms with van der Waals surface area (Å²) in [4.78, 5) is 22.8. The predicted molar refractivity (Wildman–Crippen MR) is 125 cm³/mol. The van der Waals surface area contributed by atoms with Gasteiger partial charge in [-0.15, -0.1) is 11.3 Å². The average Bonchev–Trinajstić information content (AvgIpc) is 3.09. The first-order valence-electron chi connectivity index (χ1n) is 10.1. The number of pyridine rings is 2. The first kappa shape index (κ1) is 18.8. The second kappa shape index (κ2) is 7.22. The Bertz CT molecular complexity index is 1320. The molecule has 5 nitrogen and oxygen atoms in total. The van der Waals surface area contributed by atoms with E-state index in [0.29, 0.717) is 6.54 Å². The molecule has 1 aromatic carbocycles. The van der Waals surface area contributed by atoms with E-state index in [-0.39, 0.29) is 11.9 Å². The molecule has 0 saturated heterocycles. The van der Waals surface area contributed by atoms with Gasteiger partial charge in [0.2, 0.25) is 0 Å². The SMILES string of the molecule is C=Cc1cc(-c2ccc3c(ccc4sc5c(c43)NC[C@@H](C)NC5=O)n2)c(CC)cn1. The summed E-state index contributed by atoms with van der Waals surface area (Å²) in [7, 11) is 0. The number of carbonyl (C=O) groups is 1. The van der Waals surface area contributed by atoms with E-state index in [2.05, 4.69) is 47.3 Å². The van der Waals surface area contributed by atoms with Crippen molar-refractivity contribution >= 4 is 50.0 Å². The fourth-order valence-electron chi connectivity index (χ4n) is 4.01. The van der Waals surface area contributed by atoms with E-state index in [4.69, 9.17) is 4.98 Å². The molecule has 1 amide bonds. The molecule has 0 unspecified atom stereocenters. The maximum atomic E-state index is 12.6. The summed E-state index contributed by atoms with van der Waals surface area (Å²) >= 11 is 1.53. The van der Waals surface area contributed by atoms with Crippen LogP contribution in [0.3, 0.4) is 0 Å². The lowest BCUT2D eigenvalue weighted by atomic mass is 10.0. The molecule has 3 aromatic heterocycles. The van der Waals surface area contributed by atoms with Gasteiger partial charge in [0.1, 0.15) is 4.88 Å². The number of hydrogen-bond acceptors (Lipinski definition) is 5. The van der Waals surface area contributed by atoms with Crippen LogP contribution in [0.15, 0.2) is 43.1 Å². The van der Waals surface area contributed by atoms with Crippen LogP contribution >= 0.6 is 11.3 Å². The molecule has 1 aliphatic rings. The van der Waals surface area contributed by atoms with Crippen LogP contribution in [0, 0.1) is 0 Å². The van der Waals surface area contributed by atoms with Crippen molar-refractivity contribution in [3.8, 4) is 11.3 Å². The Morgan fingerprint density at radius 2 is 2.17 bits per heavy atom.